The molecule has 0 heterocycles. The summed E-state index contributed by atoms with van der Waals surface area (Å²) in [6.07, 6.45) is -1.34. The molecule has 1 rings (SSSR count). The molecule has 2 nitrogen and oxygen atoms in total. The van der Waals surface area contributed by atoms with Gasteiger partial charge < -0.3 is 5.11 Å². The lowest BCUT2D eigenvalue weighted by atomic mass is 9.85. The van der Waals surface area contributed by atoms with Gasteiger partial charge in [0, 0.05) is 5.75 Å². The van der Waals surface area contributed by atoms with Crippen molar-refractivity contribution in [1.82, 2.24) is 0 Å². The zero-order valence-corrected chi connectivity index (χ0v) is 10.5. The van der Waals surface area contributed by atoms with Crippen molar-refractivity contribution < 1.29 is 23.1 Å². The molecule has 1 unspecified atom stereocenters. The molecule has 0 radical (unpaired) electrons. The van der Waals surface area contributed by atoms with Gasteiger partial charge in [0.1, 0.15) is 5.92 Å². The van der Waals surface area contributed by atoms with E-state index < -0.39 is 17.9 Å². The largest absolute Gasteiger partial charge is 0.515 e. The number of carbonyl (C=O) groups is 1. The fraction of sp³-hybridized carbons (Fsp3) is 0.417. The van der Waals surface area contributed by atoms with E-state index in [9.17, 15) is 18.0 Å². The fourth-order valence-corrected chi connectivity index (χ4v) is 2.33. The Morgan fingerprint density at radius 3 is 2.72 bits per heavy atom. The molecular weight excluding hydrogens is 265 g/mol. The highest BCUT2D eigenvalue weighted by molar-refractivity contribution is 8.02. The minimum Gasteiger partial charge on any atom is -0.515 e. The quantitative estimate of drug-likeness (QED) is 0.630. The second-order valence-electron chi connectivity index (χ2n) is 3.83. The van der Waals surface area contributed by atoms with E-state index in [1.54, 1.807) is 11.5 Å². The second-order valence-corrected chi connectivity index (χ2v) is 4.72. The molecule has 0 aromatic rings. The van der Waals surface area contributed by atoms with Crippen LogP contribution >= 0.6 is 11.8 Å². The monoisotopic (exact) mass is 278 g/mol. The van der Waals surface area contributed by atoms with Gasteiger partial charge in [0.25, 0.3) is 0 Å². The van der Waals surface area contributed by atoms with Crippen molar-refractivity contribution in [2.45, 2.75) is 19.5 Å². The Labute approximate surface area is 107 Å². The lowest BCUT2D eigenvalue weighted by molar-refractivity contribution is -0.179. The molecule has 0 aromatic carbocycles. The molecule has 0 aromatic heterocycles. The number of hydrogen-bond acceptors (Lipinski definition) is 3. The van der Waals surface area contributed by atoms with Gasteiger partial charge in [0.05, 0.1) is 11.8 Å². The summed E-state index contributed by atoms with van der Waals surface area (Å²) in [5.74, 6) is -2.73. The first kappa shape index (κ1) is 14.9. The minimum atomic E-state index is -4.57. The Bertz CT molecular complexity index is 408. The van der Waals surface area contributed by atoms with Gasteiger partial charge in [-0.25, -0.2) is 0 Å². The molecule has 0 saturated heterocycles. The van der Waals surface area contributed by atoms with Crippen LogP contribution in [-0.4, -0.2) is 22.8 Å². The van der Waals surface area contributed by atoms with Gasteiger partial charge in [-0.1, -0.05) is 11.6 Å². The van der Waals surface area contributed by atoms with Crippen LogP contribution in [0, 0.1) is 5.92 Å². The van der Waals surface area contributed by atoms with E-state index >= 15 is 0 Å². The van der Waals surface area contributed by atoms with E-state index in [1.807, 2.05) is 6.92 Å². The van der Waals surface area contributed by atoms with Gasteiger partial charge >= 0.3 is 6.18 Å². The average Bonchev–Trinajstić information content (AvgIpc) is 2.29. The van der Waals surface area contributed by atoms with E-state index in [4.69, 9.17) is 5.11 Å². The molecule has 1 aliphatic carbocycles. The third-order valence-electron chi connectivity index (χ3n) is 2.46. The lowest BCUT2D eigenvalue weighted by Crippen LogP contribution is -2.34. The van der Waals surface area contributed by atoms with Crippen molar-refractivity contribution in [2.24, 2.45) is 5.92 Å². The molecule has 1 atom stereocenters. The van der Waals surface area contributed by atoms with Crippen LogP contribution in [-0.2, 0) is 4.79 Å². The third-order valence-corrected chi connectivity index (χ3v) is 3.46. The molecule has 0 bridgehead atoms. The molecule has 18 heavy (non-hydrogen) atoms. The van der Waals surface area contributed by atoms with E-state index in [-0.39, 0.29) is 12.0 Å². The fourth-order valence-electron chi connectivity index (χ4n) is 1.62. The summed E-state index contributed by atoms with van der Waals surface area (Å²) in [5.41, 5.74) is 0.222. The van der Waals surface area contributed by atoms with Crippen LogP contribution in [0.3, 0.4) is 0 Å². The Kier molecular flexibility index (Phi) is 5.07. The predicted molar refractivity (Wildman–Crippen MR) is 65.2 cm³/mol. The van der Waals surface area contributed by atoms with Crippen molar-refractivity contribution in [1.29, 1.82) is 0 Å². The van der Waals surface area contributed by atoms with E-state index in [0.29, 0.717) is 17.6 Å². The number of aliphatic hydroxyl groups is 1. The maximum absolute atomic E-state index is 12.7. The smallest absolute Gasteiger partial charge is 0.399 e. The van der Waals surface area contributed by atoms with Crippen molar-refractivity contribution in [3.8, 4) is 0 Å². The summed E-state index contributed by atoms with van der Waals surface area (Å²) >= 11 is 1.35. The van der Waals surface area contributed by atoms with Crippen LogP contribution in [0.2, 0.25) is 0 Å². The highest BCUT2D eigenvalue weighted by Gasteiger charge is 2.47. The van der Waals surface area contributed by atoms with Gasteiger partial charge in [-0.3, -0.25) is 4.79 Å². The Morgan fingerprint density at radius 2 is 2.22 bits per heavy atom. The van der Waals surface area contributed by atoms with Crippen molar-refractivity contribution in [3.63, 3.8) is 0 Å². The number of alkyl halides is 3. The molecule has 0 amide bonds. The first-order chi connectivity index (χ1) is 8.40. The predicted octanol–water partition coefficient (Wildman–Crippen LogP) is 3.77. The van der Waals surface area contributed by atoms with E-state index in [1.165, 1.54) is 17.8 Å². The number of allylic oxidation sites excluding steroid dienone is 3. The number of aliphatic hydroxyl groups excluding tert-OH is 1. The van der Waals surface area contributed by atoms with Crippen molar-refractivity contribution in [3.05, 3.63) is 35.0 Å². The van der Waals surface area contributed by atoms with Gasteiger partial charge in [-0.2, -0.15) is 13.2 Å². The highest BCUT2D eigenvalue weighted by atomic mass is 32.2. The molecule has 0 aliphatic heterocycles. The maximum atomic E-state index is 12.7. The summed E-state index contributed by atoms with van der Waals surface area (Å²) in [5, 5.41) is 10.6. The van der Waals surface area contributed by atoms with Gasteiger partial charge in [0.2, 0.25) is 0 Å². The summed E-state index contributed by atoms with van der Waals surface area (Å²) in [4.78, 5) is 11.5. The van der Waals surface area contributed by atoms with Gasteiger partial charge in [-0.15, -0.1) is 11.8 Å². The first-order valence-corrected chi connectivity index (χ1v) is 6.32. The molecule has 0 fully saturated rings. The Balaban J connectivity index is 2.91. The number of hydrogen-bond donors (Lipinski definition) is 1. The molecular formula is C12H13F3O2S. The molecule has 0 spiro atoms. The minimum absolute atomic E-state index is 0.278. The van der Waals surface area contributed by atoms with E-state index in [2.05, 4.69) is 0 Å². The number of rotatable bonds is 3. The topological polar surface area (TPSA) is 37.3 Å². The van der Waals surface area contributed by atoms with Crippen LogP contribution in [0.5, 0.6) is 0 Å². The summed E-state index contributed by atoms with van der Waals surface area (Å²) < 4.78 is 38.1. The molecule has 100 valence electrons. The second kappa shape index (κ2) is 6.13. The van der Waals surface area contributed by atoms with Crippen LogP contribution in [0.1, 0.15) is 13.3 Å². The number of thioether (sulfide) groups is 1. The summed E-state index contributed by atoms with van der Waals surface area (Å²) in [7, 11) is 0. The number of halogens is 3. The van der Waals surface area contributed by atoms with Crippen LogP contribution < -0.4 is 0 Å². The number of ketones is 1. The third kappa shape index (κ3) is 3.66. The first-order valence-electron chi connectivity index (χ1n) is 5.27. The van der Waals surface area contributed by atoms with Gasteiger partial charge in [0.15, 0.2) is 5.78 Å². The lowest BCUT2D eigenvalue weighted by Gasteiger charge is -2.24. The molecule has 6 heteroatoms. The normalized spacial score (nSPS) is 23.8. The number of Topliss-reactive ketones (excluding diaryl/α,β-unsaturated/α-hetero) is 1. The molecule has 1 aliphatic rings. The Hall–Kier alpha value is -1.17. The van der Waals surface area contributed by atoms with E-state index in [0.717, 1.165) is 0 Å². The Morgan fingerprint density at radius 1 is 1.56 bits per heavy atom. The molecule has 0 saturated carbocycles. The number of carbonyl (C=O) groups excluding carboxylic acids is 1. The van der Waals surface area contributed by atoms with Crippen LogP contribution in [0.4, 0.5) is 13.2 Å². The standard InChI is InChI=1S/C12H13F3O2S/c1-2-3-18-7-8-4-9(6-16)11(17)10(5-8)12(13,14)15/h2-4,6,10,16H,5,7H2,1H3/b3-2-,9-6?. The molecule has 1 N–H and O–H groups in total. The van der Waals surface area contributed by atoms with Crippen LogP contribution in [0.25, 0.3) is 0 Å². The maximum Gasteiger partial charge on any atom is 0.399 e. The van der Waals surface area contributed by atoms with Crippen molar-refractivity contribution >= 4 is 17.5 Å². The highest BCUT2D eigenvalue weighted by Crippen LogP contribution is 2.38. The van der Waals surface area contributed by atoms with Gasteiger partial charge in [-0.05, 0) is 24.8 Å². The zero-order valence-electron chi connectivity index (χ0n) is 9.70. The zero-order chi connectivity index (χ0) is 13.8. The summed E-state index contributed by atoms with van der Waals surface area (Å²) in [6, 6.07) is 0. The van der Waals surface area contributed by atoms with Crippen LogP contribution in [0.15, 0.2) is 35.0 Å². The summed E-state index contributed by atoms with van der Waals surface area (Å²) in [6.45, 7) is 1.81. The SMILES string of the molecule is C/C=C\SCC1=CC(=CO)C(=O)C(C(F)(F)F)C1. The average molecular weight is 278 g/mol. The van der Waals surface area contributed by atoms with Crippen molar-refractivity contribution in [2.75, 3.05) is 5.75 Å².